The topological polar surface area (TPSA) is 116 Å². The fraction of sp³-hybridized carbons (Fsp3) is 0.500. The van der Waals surface area contributed by atoms with Crippen LogP contribution in [0.3, 0.4) is 0 Å². The van der Waals surface area contributed by atoms with Crippen LogP contribution in [-0.4, -0.2) is 50.1 Å². The molecule has 0 radical (unpaired) electrons. The molecule has 3 aromatic rings. The smallest absolute Gasteiger partial charge is 0.312 e. The largest absolute Gasteiger partial charge is 0.327 e. The van der Waals surface area contributed by atoms with E-state index in [1.165, 1.54) is 0 Å². The summed E-state index contributed by atoms with van der Waals surface area (Å²) in [6, 6.07) is 5.05. The molecule has 0 amide bonds. The normalized spacial score (nSPS) is 15.6. The quantitative estimate of drug-likeness (QED) is 0.424. The predicted octanol–water partition coefficient (Wildman–Crippen LogP) is 3.00. The van der Waals surface area contributed by atoms with E-state index in [1.54, 1.807) is 41.0 Å². The van der Waals surface area contributed by atoms with Gasteiger partial charge >= 0.3 is 5.69 Å². The lowest BCUT2D eigenvalue weighted by molar-refractivity contribution is -0.386. The monoisotopic (exact) mass is 446 g/mol. The Morgan fingerprint density at radius 2 is 1.87 bits per heavy atom. The molecular weight excluding hydrogens is 420 g/mol. The molecule has 2 aromatic heterocycles. The first-order valence-corrected chi connectivity index (χ1v) is 11.9. The standard InChI is InChI=1S/C20H26N6O4S/c1-4-24-18-9-8-16(31(29,30)23-10-6-5-7-11-23)12-17(18)21-19(24)13-25-15(3)20(26(27)28)14(2)22-25/h8-9,12H,4-7,10-11,13H2,1-3H3. The van der Waals surface area contributed by atoms with Crippen molar-refractivity contribution >= 4 is 26.7 Å². The summed E-state index contributed by atoms with van der Waals surface area (Å²) in [5.74, 6) is 0.672. The van der Waals surface area contributed by atoms with E-state index < -0.39 is 14.9 Å². The first-order valence-electron chi connectivity index (χ1n) is 10.4. The molecule has 0 aliphatic carbocycles. The number of nitro groups is 1. The maximum Gasteiger partial charge on any atom is 0.312 e. The van der Waals surface area contributed by atoms with Crippen LogP contribution in [0.2, 0.25) is 0 Å². The third kappa shape index (κ3) is 3.72. The van der Waals surface area contributed by atoms with Crippen LogP contribution in [0.25, 0.3) is 11.0 Å². The van der Waals surface area contributed by atoms with Gasteiger partial charge in [0.1, 0.15) is 17.2 Å². The third-order valence-corrected chi connectivity index (χ3v) is 7.78. The van der Waals surface area contributed by atoms with E-state index in [4.69, 9.17) is 0 Å². The molecule has 1 aromatic carbocycles. The summed E-state index contributed by atoms with van der Waals surface area (Å²) in [6.45, 7) is 7.25. The van der Waals surface area contributed by atoms with Crippen molar-refractivity contribution in [2.75, 3.05) is 13.1 Å². The highest BCUT2D eigenvalue weighted by molar-refractivity contribution is 7.89. The van der Waals surface area contributed by atoms with Gasteiger partial charge in [-0.15, -0.1) is 0 Å². The number of imidazole rings is 1. The molecule has 1 saturated heterocycles. The first-order chi connectivity index (χ1) is 14.7. The summed E-state index contributed by atoms with van der Waals surface area (Å²) in [5, 5.41) is 15.6. The Morgan fingerprint density at radius 1 is 1.16 bits per heavy atom. The Kier molecular flexibility index (Phi) is 5.56. The van der Waals surface area contributed by atoms with Crippen LogP contribution in [0.15, 0.2) is 23.1 Å². The second-order valence-electron chi connectivity index (χ2n) is 7.82. The molecule has 0 bridgehead atoms. The lowest BCUT2D eigenvalue weighted by Crippen LogP contribution is -2.35. The average molecular weight is 447 g/mol. The van der Waals surface area contributed by atoms with Gasteiger partial charge < -0.3 is 4.57 Å². The number of hydrogen-bond donors (Lipinski definition) is 0. The van der Waals surface area contributed by atoms with Gasteiger partial charge in [0.2, 0.25) is 10.0 Å². The Bertz CT molecular complexity index is 1250. The van der Waals surface area contributed by atoms with Crippen molar-refractivity contribution in [1.82, 2.24) is 23.6 Å². The molecule has 3 heterocycles. The molecule has 1 fully saturated rings. The molecule has 10 nitrogen and oxygen atoms in total. The Labute approximate surface area is 180 Å². The van der Waals surface area contributed by atoms with Crippen LogP contribution in [-0.2, 0) is 23.1 Å². The summed E-state index contributed by atoms with van der Waals surface area (Å²) in [4.78, 5) is 15.8. The zero-order valence-electron chi connectivity index (χ0n) is 17.9. The Morgan fingerprint density at radius 3 is 2.48 bits per heavy atom. The maximum absolute atomic E-state index is 13.0. The summed E-state index contributed by atoms with van der Waals surface area (Å²) < 4.78 is 31.2. The molecule has 1 aliphatic rings. The van der Waals surface area contributed by atoms with Crippen molar-refractivity contribution in [3.05, 3.63) is 45.5 Å². The molecule has 11 heteroatoms. The van der Waals surface area contributed by atoms with E-state index in [2.05, 4.69) is 10.1 Å². The van der Waals surface area contributed by atoms with E-state index in [9.17, 15) is 18.5 Å². The zero-order valence-corrected chi connectivity index (χ0v) is 18.7. The van der Waals surface area contributed by atoms with Crippen molar-refractivity contribution in [3.63, 3.8) is 0 Å². The molecule has 0 spiro atoms. The highest BCUT2D eigenvalue weighted by atomic mass is 32.2. The van der Waals surface area contributed by atoms with Crippen molar-refractivity contribution < 1.29 is 13.3 Å². The number of aromatic nitrogens is 4. The molecule has 4 rings (SSSR count). The lowest BCUT2D eigenvalue weighted by atomic mass is 10.2. The van der Waals surface area contributed by atoms with Crippen molar-refractivity contribution in [3.8, 4) is 0 Å². The number of rotatable bonds is 6. The first kappa shape index (κ1) is 21.4. The molecule has 166 valence electrons. The van der Waals surface area contributed by atoms with Crippen molar-refractivity contribution in [2.24, 2.45) is 0 Å². The molecule has 0 N–H and O–H groups in total. The Hall–Kier alpha value is -2.79. The minimum absolute atomic E-state index is 0.00840. The number of hydrogen-bond acceptors (Lipinski definition) is 6. The second kappa shape index (κ2) is 8.04. The number of benzene rings is 1. The molecular formula is C20H26N6O4S. The summed E-state index contributed by atoms with van der Waals surface area (Å²) in [7, 11) is -3.55. The molecule has 31 heavy (non-hydrogen) atoms. The van der Waals surface area contributed by atoms with Crippen LogP contribution in [0, 0.1) is 24.0 Å². The minimum Gasteiger partial charge on any atom is -0.327 e. The van der Waals surface area contributed by atoms with Crippen molar-refractivity contribution in [2.45, 2.75) is 58.0 Å². The molecule has 0 unspecified atom stereocenters. The van der Waals surface area contributed by atoms with Gasteiger partial charge in [-0.2, -0.15) is 9.40 Å². The van der Waals surface area contributed by atoms with Gasteiger partial charge in [-0.25, -0.2) is 13.4 Å². The van der Waals surface area contributed by atoms with E-state index in [0.717, 1.165) is 24.8 Å². The van der Waals surface area contributed by atoms with Crippen LogP contribution in [0.1, 0.15) is 43.4 Å². The van der Waals surface area contributed by atoms with Gasteiger partial charge in [0.05, 0.1) is 27.4 Å². The van der Waals surface area contributed by atoms with E-state index in [0.29, 0.717) is 42.4 Å². The highest BCUT2D eigenvalue weighted by Crippen LogP contribution is 2.27. The number of sulfonamides is 1. The van der Waals surface area contributed by atoms with Gasteiger partial charge in [0, 0.05) is 19.6 Å². The number of fused-ring (bicyclic) bond motifs is 1. The summed E-state index contributed by atoms with van der Waals surface area (Å²) >= 11 is 0. The van der Waals surface area contributed by atoms with E-state index in [-0.39, 0.29) is 17.1 Å². The summed E-state index contributed by atoms with van der Waals surface area (Å²) in [6.07, 6.45) is 2.81. The van der Waals surface area contributed by atoms with Crippen LogP contribution in [0.5, 0.6) is 0 Å². The van der Waals surface area contributed by atoms with E-state index in [1.807, 2.05) is 11.5 Å². The van der Waals surface area contributed by atoms with Gasteiger partial charge in [0.25, 0.3) is 0 Å². The highest BCUT2D eigenvalue weighted by Gasteiger charge is 2.27. The molecule has 1 aliphatic heterocycles. The van der Waals surface area contributed by atoms with Crippen LogP contribution in [0.4, 0.5) is 5.69 Å². The van der Waals surface area contributed by atoms with Crippen LogP contribution < -0.4 is 0 Å². The minimum atomic E-state index is -3.55. The van der Waals surface area contributed by atoms with Crippen molar-refractivity contribution in [1.29, 1.82) is 0 Å². The fourth-order valence-electron chi connectivity index (χ4n) is 4.29. The van der Waals surface area contributed by atoms with Crippen LogP contribution >= 0.6 is 0 Å². The zero-order chi connectivity index (χ0) is 22.3. The number of piperidine rings is 1. The number of aryl methyl sites for hydroxylation is 2. The Balaban J connectivity index is 1.73. The predicted molar refractivity (Wildman–Crippen MR) is 115 cm³/mol. The molecule has 0 saturated carbocycles. The van der Waals surface area contributed by atoms with E-state index >= 15 is 0 Å². The third-order valence-electron chi connectivity index (χ3n) is 5.88. The van der Waals surface area contributed by atoms with Gasteiger partial charge in [-0.3, -0.25) is 14.8 Å². The SMILES string of the molecule is CCn1c(Cn2nc(C)c([N+](=O)[O-])c2C)nc2cc(S(=O)(=O)N3CCCCC3)ccc21. The van der Waals surface area contributed by atoms with Gasteiger partial charge in [0.15, 0.2) is 0 Å². The van der Waals surface area contributed by atoms with Gasteiger partial charge in [-0.1, -0.05) is 6.42 Å². The molecule has 0 atom stereocenters. The average Bonchev–Trinajstić information content (AvgIpc) is 3.23. The lowest BCUT2D eigenvalue weighted by Gasteiger charge is -2.25. The van der Waals surface area contributed by atoms with Gasteiger partial charge in [-0.05, 0) is 51.8 Å². The second-order valence-corrected chi connectivity index (χ2v) is 9.76. The maximum atomic E-state index is 13.0. The number of nitrogens with zero attached hydrogens (tertiary/aromatic N) is 6. The fourth-order valence-corrected chi connectivity index (χ4v) is 5.83. The summed E-state index contributed by atoms with van der Waals surface area (Å²) in [5.41, 5.74) is 2.24.